The summed E-state index contributed by atoms with van der Waals surface area (Å²) >= 11 is 0. The molecular weight excluding hydrogens is 234 g/mol. The summed E-state index contributed by atoms with van der Waals surface area (Å²) in [7, 11) is 0. The van der Waals surface area contributed by atoms with Crippen molar-refractivity contribution in [1.29, 1.82) is 0 Å². The van der Waals surface area contributed by atoms with Gasteiger partial charge >= 0.3 is 0 Å². The van der Waals surface area contributed by atoms with Gasteiger partial charge in [0.25, 0.3) is 0 Å². The van der Waals surface area contributed by atoms with Crippen LogP contribution in [0.3, 0.4) is 0 Å². The fraction of sp³-hybridized carbons (Fsp3) is 1.00. The third-order valence-electron chi connectivity index (χ3n) is 4.92. The van der Waals surface area contributed by atoms with E-state index in [1.54, 1.807) is 0 Å². The van der Waals surface area contributed by atoms with Crippen LogP contribution in [0, 0.1) is 17.8 Å². The van der Waals surface area contributed by atoms with Crippen molar-refractivity contribution in [3.8, 4) is 0 Å². The molecule has 0 amide bonds. The Labute approximate surface area is 119 Å². The van der Waals surface area contributed by atoms with E-state index in [2.05, 4.69) is 37.5 Å². The predicted molar refractivity (Wildman–Crippen MR) is 82.2 cm³/mol. The molecule has 0 aromatic heterocycles. The third-order valence-corrected chi connectivity index (χ3v) is 4.92. The van der Waals surface area contributed by atoms with Crippen molar-refractivity contribution >= 4 is 0 Å². The largest absolute Gasteiger partial charge is 0.326 e. The fourth-order valence-electron chi connectivity index (χ4n) is 4.29. The van der Waals surface area contributed by atoms with Crippen LogP contribution in [0.4, 0.5) is 0 Å². The number of hydrogen-bond acceptors (Lipinski definition) is 3. The molecule has 0 aromatic rings. The molecule has 2 N–H and O–H groups in total. The number of rotatable bonds is 3. The van der Waals surface area contributed by atoms with Crippen LogP contribution in [0.5, 0.6) is 0 Å². The number of nitrogens with zero attached hydrogens (tertiary/aromatic N) is 2. The summed E-state index contributed by atoms with van der Waals surface area (Å²) in [4.78, 5) is 5.29. The van der Waals surface area contributed by atoms with Crippen LogP contribution in [-0.2, 0) is 0 Å². The highest BCUT2D eigenvalue weighted by atomic mass is 15.3. The van der Waals surface area contributed by atoms with E-state index in [0.717, 1.165) is 17.8 Å². The molecule has 0 spiro atoms. The summed E-state index contributed by atoms with van der Waals surface area (Å²) in [5.74, 6) is 2.35. The first-order valence-electron chi connectivity index (χ1n) is 8.19. The zero-order valence-corrected chi connectivity index (χ0v) is 13.3. The lowest BCUT2D eigenvalue weighted by Gasteiger charge is -2.47. The fourth-order valence-corrected chi connectivity index (χ4v) is 4.29. The second-order valence-electron chi connectivity index (χ2n) is 7.44. The quantitative estimate of drug-likeness (QED) is 0.849. The smallest absolute Gasteiger partial charge is 0.0274 e. The van der Waals surface area contributed by atoms with Crippen molar-refractivity contribution in [3.05, 3.63) is 0 Å². The van der Waals surface area contributed by atoms with Crippen LogP contribution < -0.4 is 5.73 Å². The number of hydrogen-bond donors (Lipinski definition) is 1. The molecular formula is C16H33N3. The molecule has 3 nitrogen and oxygen atoms in total. The minimum absolute atomic E-state index is 0.385. The maximum atomic E-state index is 6.45. The summed E-state index contributed by atoms with van der Waals surface area (Å²) < 4.78 is 0. The minimum atomic E-state index is 0.385. The van der Waals surface area contributed by atoms with Crippen molar-refractivity contribution in [1.82, 2.24) is 9.80 Å². The van der Waals surface area contributed by atoms with Crippen LogP contribution in [0.25, 0.3) is 0 Å². The second kappa shape index (κ2) is 6.55. The summed E-state index contributed by atoms with van der Waals surface area (Å²) in [6.07, 6.45) is 2.56. The lowest BCUT2D eigenvalue weighted by Crippen LogP contribution is -2.60. The Bertz CT molecular complexity index is 259. The van der Waals surface area contributed by atoms with Gasteiger partial charge in [0.15, 0.2) is 0 Å². The van der Waals surface area contributed by atoms with E-state index in [1.807, 2.05) is 0 Å². The van der Waals surface area contributed by atoms with Gasteiger partial charge in [-0.1, -0.05) is 27.7 Å². The van der Waals surface area contributed by atoms with Crippen molar-refractivity contribution < 1.29 is 0 Å². The van der Waals surface area contributed by atoms with E-state index >= 15 is 0 Å². The minimum Gasteiger partial charge on any atom is -0.326 e. The van der Waals surface area contributed by atoms with Crippen molar-refractivity contribution in [2.75, 3.05) is 32.7 Å². The Balaban J connectivity index is 1.86. The van der Waals surface area contributed by atoms with Crippen LogP contribution in [0.2, 0.25) is 0 Å². The van der Waals surface area contributed by atoms with E-state index in [-0.39, 0.29) is 0 Å². The van der Waals surface area contributed by atoms with E-state index in [4.69, 9.17) is 5.73 Å². The lowest BCUT2D eigenvalue weighted by molar-refractivity contribution is 0.0301. The standard InChI is InChI=1S/C16H33N3/c1-12(2)11-18-5-7-19(8-6-18)16-14(4)9-13(3)10-15(16)17/h12-16H,5-11,17H2,1-4H3. The van der Waals surface area contributed by atoms with Crippen molar-refractivity contribution in [2.24, 2.45) is 23.5 Å². The second-order valence-corrected chi connectivity index (χ2v) is 7.44. The summed E-state index contributed by atoms with van der Waals surface area (Å²) in [5, 5.41) is 0. The highest BCUT2D eigenvalue weighted by Gasteiger charge is 2.36. The molecule has 1 heterocycles. The van der Waals surface area contributed by atoms with Gasteiger partial charge in [-0.05, 0) is 30.6 Å². The first kappa shape index (κ1) is 15.3. The summed E-state index contributed by atoms with van der Waals surface area (Å²) in [6, 6.07) is 1.01. The zero-order chi connectivity index (χ0) is 14.0. The maximum absolute atomic E-state index is 6.45. The molecule has 1 saturated heterocycles. The lowest BCUT2D eigenvalue weighted by atomic mass is 9.76. The van der Waals surface area contributed by atoms with Gasteiger partial charge in [0, 0.05) is 44.8 Å². The van der Waals surface area contributed by atoms with E-state index in [0.29, 0.717) is 12.1 Å². The maximum Gasteiger partial charge on any atom is 0.0274 e. The van der Waals surface area contributed by atoms with Crippen molar-refractivity contribution in [3.63, 3.8) is 0 Å². The topological polar surface area (TPSA) is 32.5 Å². The predicted octanol–water partition coefficient (Wildman–Crippen LogP) is 2.02. The van der Waals surface area contributed by atoms with Crippen LogP contribution >= 0.6 is 0 Å². The van der Waals surface area contributed by atoms with Crippen molar-refractivity contribution in [2.45, 2.75) is 52.6 Å². The Morgan fingerprint density at radius 3 is 2.21 bits per heavy atom. The molecule has 1 aliphatic heterocycles. The molecule has 4 atom stereocenters. The molecule has 2 aliphatic rings. The van der Waals surface area contributed by atoms with E-state index < -0.39 is 0 Å². The van der Waals surface area contributed by atoms with Crippen LogP contribution in [-0.4, -0.2) is 54.6 Å². The normalized spacial score (nSPS) is 38.8. The monoisotopic (exact) mass is 267 g/mol. The number of nitrogens with two attached hydrogens (primary N) is 1. The molecule has 2 rings (SSSR count). The van der Waals surface area contributed by atoms with Gasteiger partial charge in [-0.2, -0.15) is 0 Å². The Hall–Kier alpha value is -0.120. The first-order valence-corrected chi connectivity index (χ1v) is 8.19. The van der Waals surface area contributed by atoms with Crippen LogP contribution in [0.1, 0.15) is 40.5 Å². The van der Waals surface area contributed by atoms with Gasteiger partial charge in [0.2, 0.25) is 0 Å². The average Bonchev–Trinajstić information content (AvgIpc) is 2.29. The molecule has 0 radical (unpaired) electrons. The Morgan fingerprint density at radius 2 is 1.68 bits per heavy atom. The first-order chi connectivity index (χ1) is 8.97. The molecule has 2 fully saturated rings. The molecule has 1 saturated carbocycles. The molecule has 0 aromatic carbocycles. The van der Waals surface area contributed by atoms with Gasteiger partial charge in [0.05, 0.1) is 0 Å². The zero-order valence-electron chi connectivity index (χ0n) is 13.3. The highest BCUT2D eigenvalue weighted by molar-refractivity contribution is 4.93. The third kappa shape index (κ3) is 3.93. The van der Waals surface area contributed by atoms with E-state index in [9.17, 15) is 0 Å². The highest BCUT2D eigenvalue weighted by Crippen LogP contribution is 2.31. The van der Waals surface area contributed by atoms with Crippen LogP contribution in [0.15, 0.2) is 0 Å². The Morgan fingerprint density at radius 1 is 1.05 bits per heavy atom. The van der Waals surface area contributed by atoms with Gasteiger partial charge in [0.1, 0.15) is 0 Å². The summed E-state index contributed by atoms with van der Waals surface area (Å²) in [5.41, 5.74) is 6.45. The van der Waals surface area contributed by atoms with Gasteiger partial charge in [-0.25, -0.2) is 0 Å². The Kier molecular flexibility index (Phi) is 5.27. The average molecular weight is 267 g/mol. The number of piperazine rings is 1. The van der Waals surface area contributed by atoms with Gasteiger partial charge in [-0.3, -0.25) is 4.90 Å². The van der Waals surface area contributed by atoms with Gasteiger partial charge < -0.3 is 10.6 Å². The molecule has 1 aliphatic carbocycles. The SMILES string of the molecule is CC(C)CN1CCN(C2C(C)CC(C)CC2N)CC1. The molecule has 3 heteroatoms. The van der Waals surface area contributed by atoms with Gasteiger partial charge in [-0.15, -0.1) is 0 Å². The summed E-state index contributed by atoms with van der Waals surface area (Å²) in [6.45, 7) is 15.5. The molecule has 0 bridgehead atoms. The molecule has 4 unspecified atom stereocenters. The molecule has 19 heavy (non-hydrogen) atoms. The van der Waals surface area contributed by atoms with E-state index in [1.165, 1.54) is 45.6 Å². The molecule has 112 valence electrons.